The van der Waals surface area contributed by atoms with Crippen molar-refractivity contribution in [1.29, 1.82) is 0 Å². The smallest absolute Gasteiger partial charge is 0.255 e. The monoisotopic (exact) mass is 519 g/mol. The average Bonchev–Trinajstić information content (AvgIpc) is 3.55. The van der Waals surface area contributed by atoms with E-state index in [2.05, 4.69) is 30.5 Å². The molecular formula is C25H25N7O2S2. The Balaban J connectivity index is 1.10. The average molecular weight is 520 g/mol. The number of amides is 1. The lowest BCUT2D eigenvalue weighted by Gasteiger charge is -2.38. The highest BCUT2D eigenvalue weighted by atomic mass is 32.1. The van der Waals surface area contributed by atoms with Crippen molar-refractivity contribution in [1.82, 2.24) is 30.0 Å². The van der Waals surface area contributed by atoms with Crippen LogP contribution in [0.3, 0.4) is 0 Å². The molecule has 0 aliphatic carbocycles. The maximum absolute atomic E-state index is 13.4. The van der Waals surface area contributed by atoms with Gasteiger partial charge in [-0.05, 0) is 44.9 Å². The van der Waals surface area contributed by atoms with E-state index in [1.807, 2.05) is 48.4 Å². The first-order chi connectivity index (χ1) is 17.5. The molecule has 0 spiro atoms. The molecule has 2 saturated heterocycles. The van der Waals surface area contributed by atoms with Crippen LogP contribution in [0.2, 0.25) is 0 Å². The van der Waals surface area contributed by atoms with Gasteiger partial charge < -0.3 is 15.0 Å². The Bertz CT molecular complexity index is 1360. The van der Waals surface area contributed by atoms with Crippen molar-refractivity contribution >= 4 is 39.5 Å². The summed E-state index contributed by atoms with van der Waals surface area (Å²) in [6.45, 7) is 4.00. The van der Waals surface area contributed by atoms with Crippen molar-refractivity contribution in [3.8, 4) is 16.5 Å². The predicted octanol–water partition coefficient (Wildman–Crippen LogP) is 5.03. The number of thiazole rings is 2. The van der Waals surface area contributed by atoms with Crippen molar-refractivity contribution in [2.24, 2.45) is 0 Å². The van der Waals surface area contributed by atoms with Gasteiger partial charge in [-0.2, -0.15) is 5.10 Å². The van der Waals surface area contributed by atoms with Crippen LogP contribution in [0.4, 0.5) is 10.9 Å². The van der Waals surface area contributed by atoms with Gasteiger partial charge in [0.2, 0.25) is 5.88 Å². The van der Waals surface area contributed by atoms with Crippen LogP contribution in [0.15, 0.2) is 42.0 Å². The lowest BCUT2D eigenvalue weighted by molar-refractivity contribution is 0.0345. The summed E-state index contributed by atoms with van der Waals surface area (Å²) in [5, 5.41) is 15.0. The molecule has 4 aromatic rings. The van der Waals surface area contributed by atoms with Gasteiger partial charge in [-0.15, -0.1) is 27.8 Å². The number of fused-ring (bicyclic) bond motifs is 2. The zero-order valence-corrected chi connectivity index (χ0v) is 21.6. The van der Waals surface area contributed by atoms with Crippen LogP contribution in [0, 0.1) is 13.8 Å². The van der Waals surface area contributed by atoms with Gasteiger partial charge in [0, 0.05) is 48.8 Å². The van der Waals surface area contributed by atoms with Gasteiger partial charge in [0.05, 0.1) is 26.8 Å². The SMILES string of the molecule is Cc1nc(C)c(-c2csc(Nc3ccc(C(=O)N4[C@@H]5CC[C@H]4C[C@@H](Oc4cccnn4)C5)cn3)n2)s1. The Hall–Kier alpha value is -3.44. The van der Waals surface area contributed by atoms with Gasteiger partial charge >= 0.3 is 0 Å². The van der Waals surface area contributed by atoms with E-state index >= 15 is 0 Å². The molecule has 1 N–H and O–H groups in total. The molecule has 0 radical (unpaired) electrons. The van der Waals surface area contributed by atoms with E-state index in [0.717, 1.165) is 52.1 Å². The summed E-state index contributed by atoms with van der Waals surface area (Å²) in [5.74, 6) is 1.23. The van der Waals surface area contributed by atoms with E-state index in [1.165, 1.54) is 11.3 Å². The summed E-state index contributed by atoms with van der Waals surface area (Å²) in [6, 6.07) is 7.65. The van der Waals surface area contributed by atoms with E-state index in [1.54, 1.807) is 23.7 Å². The Morgan fingerprint density at radius 1 is 1.14 bits per heavy atom. The van der Waals surface area contributed by atoms with Crippen molar-refractivity contribution in [2.45, 2.75) is 57.7 Å². The van der Waals surface area contributed by atoms with Gasteiger partial charge in [0.1, 0.15) is 11.9 Å². The second-order valence-electron chi connectivity index (χ2n) is 9.11. The summed E-state index contributed by atoms with van der Waals surface area (Å²) in [7, 11) is 0. The van der Waals surface area contributed by atoms with E-state index in [0.29, 0.717) is 17.3 Å². The molecule has 184 valence electrons. The second-order valence-corrected chi connectivity index (χ2v) is 11.2. The Kier molecular flexibility index (Phi) is 6.10. The molecule has 0 unspecified atom stereocenters. The van der Waals surface area contributed by atoms with Crippen LogP contribution in [-0.2, 0) is 0 Å². The summed E-state index contributed by atoms with van der Waals surface area (Å²) in [4.78, 5) is 30.2. The summed E-state index contributed by atoms with van der Waals surface area (Å²) in [5.41, 5.74) is 2.51. The number of rotatable bonds is 6. The number of ether oxygens (including phenoxy) is 1. The van der Waals surface area contributed by atoms with Gasteiger partial charge in [-0.1, -0.05) is 0 Å². The van der Waals surface area contributed by atoms with Gasteiger partial charge in [0.25, 0.3) is 5.91 Å². The van der Waals surface area contributed by atoms with E-state index in [4.69, 9.17) is 4.74 Å². The minimum absolute atomic E-state index is 0.0343. The number of nitrogens with zero attached hydrogens (tertiary/aromatic N) is 6. The molecule has 1 amide bonds. The second kappa shape index (κ2) is 9.55. The minimum Gasteiger partial charge on any atom is -0.473 e. The largest absolute Gasteiger partial charge is 0.473 e. The predicted molar refractivity (Wildman–Crippen MR) is 139 cm³/mol. The Morgan fingerprint density at radius 3 is 2.64 bits per heavy atom. The molecule has 9 nitrogen and oxygen atoms in total. The number of pyridine rings is 1. The van der Waals surface area contributed by atoms with Crippen LogP contribution in [0.1, 0.15) is 46.7 Å². The number of nitrogens with one attached hydrogen (secondary N) is 1. The molecule has 2 bridgehead atoms. The maximum Gasteiger partial charge on any atom is 0.255 e. The highest BCUT2D eigenvalue weighted by molar-refractivity contribution is 7.16. The number of carbonyl (C=O) groups excluding carboxylic acids is 1. The number of hydrogen-bond donors (Lipinski definition) is 1. The zero-order chi connectivity index (χ0) is 24.6. The molecule has 2 aliphatic heterocycles. The molecule has 2 aliphatic rings. The number of aryl methyl sites for hydroxylation is 2. The third kappa shape index (κ3) is 4.56. The Morgan fingerprint density at radius 2 is 1.97 bits per heavy atom. The standard InChI is InChI=1S/C25H25N7O2S2/c1-14-23(36-15(2)28-14)20-13-35-25(29-20)30-21-8-5-16(12-26-21)24(33)32-17-6-7-18(32)11-19(10-17)34-22-4-3-9-27-31-22/h3-5,8-9,12-13,17-19H,6-7,10-11H2,1-2H3,(H,26,29,30)/t17-,18+,19+. The van der Waals surface area contributed by atoms with Crippen LogP contribution in [0.25, 0.3) is 10.6 Å². The van der Waals surface area contributed by atoms with Crippen molar-refractivity contribution in [2.75, 3.05) is 5.32 Å². The lowest BCUT2D eigenvalue weighted by Crippen LogP contribution is -2.49. The van der Waals surface area contributed by atoms with Crippen molar-refractivity contribution in [3.63, 3.8) is 0 Å². The minimum atomic E-state index is 0.0343. The molecular weight excluding hydrogens is 494 g/mol. The van der Waals surface area contributed by atoms with Gasteiger partial charge in [-0.3, -0.25) is 4.79 Å². The third-order valence-corrected chi connectivity index (χ3v) is 8.50. The summed E-state index contributed by atoms with van der Waals surface area (Å²) < 4.78 is 6.04. The molecule has 4 aromatic heterocycles. The number of carbonyl (C=O) groups is 1. The molecule has 6 heterocycles. The lowest BCUT2D eigenvalue weighted by atomic mass is 9.98. The third-order valence-electron chi connectivity index (χ3n) is 6.65. The first-order valence-electron chi connectivity index (χ1n) is 11.9. The number of aromatic nitrogens is 5. The van der Waals surface area contributed by atoms with Crippen LogP contribution < -0.4 is 10.1 Å². The fourth-order valence-corrected chi connectivity index (χ4v) is 6.80. The number of piperidine rings is 1. The molecule has 6 rings (SSSR count). The molecule has 3 atom stereocenters. The fraction of sp³-hybridized carbons (Fsp3) is 0.360. The molecule has 2 fully saturated rings. The highest BCUT2D eigenvalue weighted by Gasteiger charge is 2.44. The first-order valence-corrected chi connectivity index (χ1v) is 13.6. The van der Waals surface area contributed by atoms with Crippen molar-refractivity contribution < 1.29 is 9.53 Å². The van der Waals surface area contributed by atoms with Gasteiger partial charge in [-0.25, -0.2) is 15.0 Å². The zero-order valence-electron chi connectivity index (χ0n) is 19.9. The summed E-state index contributed by atoms with van der Waals surface area (Å²) >= 11 is 3.17. The van der Waals surface area contributed by atoms with Crippen LogP contribution in [0.5, 0.6) is 5.88 Å². The van der Waals surface area contributed by atoms with Crippen LogP contribution >= 0.6 is 22.7 Å². The van der Waals surface area contributed by atoms with E-state index in [-0.39, 0.29) is 24.1 Å². The van der Waals surface area contributed by atoms with Gasteiger partial charge in [0.15, 0.2) is 5.13 Å². The highest BCUT2D eigenvalue weighted by Crippen LogP contribution is 2.38. The fourth-order valence-electron chi connectivity index (χ4n) is 5.13. The quantitative estimate of drug-likeness (QED) is 0.378. The molecule has 36 heavy (non-hydrogen) atoms. The molecule has 0 aromatic carbocycles. The molecule has 11 heteroatoms. The summed E-state index contributed by atoms with van der Waals surface area (Å²) in [6.07, 6.45) is 6.93. The topological polar surface area (TPSA) is 106 Å². The van der Waals surface area contributed by atoms with Crippen molar-refractivity contribution in [3.05, 3.63) is 58.3 Å². The molecule has 0 saturated carbocycles. The first kappa shape index (κ1) is 23.0. The van der Waals surface area contributed by atoms with Crippen LogP contribution in [-0.4, -0.2) is 54.1 Å². The Labute approximate surface area is 216 Å². The van der Waals surface area contributed by atoms with E-state index in [9.17, 15) is 4.79 Å². The number of hydrogen-bond acceptors (Lipinski definition) is 10. The van der Waals surface area contributed by atoms with E-state index < -0.39 is 0 Å². The number of anilines is 2. The maximum atomic E-state index is 13.4. The normalized spacial score (nSPS) is 20.9.